The summed E-state index contributed by atoms with van der Waals surface area (Å²) in [4.78, 5) is 0. The summed E-state index contributed by atoms with van der Waals surface area (Å²) in [5.74, 6) is -0.443. The summed E-state index contributed by atoms with van der Waals surface area (Å²) >= 11 is 0. The van der Waals surface area contributed by atoms with Gasteiger partial charge in [-0.15, -0.1) is 0 Å². The highest BCUT2D eigenvalue weighted by atomic mass is 19.1. The van der Waals surface area contributed by atoms with E-state index in [1.54, 1.807) is 6.07 Å². The van der Waals surface area contributed by atoms with Crippen LogP contribution in [0.15, 0.2) is 18.2 Å². The fourth-order valence-corrected chi connectivity index (χ4v) is 2.94. The van der Waals surface area contributed by atoms with Gasteiger partial charge in [0, 0.05) is 6.61 Å². The first-order valence-electron chi connectivity index (χ1n) is 6.73. The molecule has 2 N–H and O–H groups in total. The van der Waals surface area contributed by atoms with E-state index in [0.29, 0.717) is 0 Å². The van der Waals surface area contributed by atoms with Gasteiger partial charge in [0.15, 0.2) is 0 Å². The first kappa shape index (κ1) is 14.0. The minimum absolute atomic E-state index is 0.0667. The van der Waals surface area contributed by atoms with E-state index in [1.165, 1.54) is 6.07 Å². The highest BCUT2D eigenvalue weighted by Crippen LogP contribution is 2.38. The van der Waals surface area contributed by atoms with Gasteiger partial charge in [0.1, 0.15) is 11.9 Å². The number of aliphatic hydroxyl groups excluding tert-OH is 1. The Morgan fingerprint density at radius 1 is 1.37 bits per heavy atom. The first-order chi connectivity index (χ1) is 9.22. The van der Waals surface area contributed by atoms with Crippen LogP contribution in [0.2, 0.25) is 0 Å². The Morgan fingerprint density at radius 3 is 2.68 bits per heavy atom. The van der Waals surface area contributed by atoms with Crippen molar-refractivity contribution >= 4 is 0 Å². The Bertz CT molecular complexity index is 476. The fraction of sp³-hybridized carbons (Fsp3) is 0.533. The maximum atomic E-state index is 13.8. The van der Waals surface area contributed by atoms with Crippen molar-refractivity contribution < 1.29 is 9.50 Å². The van der Waals surface area contributed by atoms with Crippen molar-refractivity contribution in [1.29, 1.82) is 5.26 Å². The van der Waals surface area contributed by atoms with Crippen molar-refractivity contribution in [2.75, 3.05) is 19.7 Å². The van der Waals surface area contributed by atoms with E-state index < -0.39 is 5.82 Å². The van der Waals surface area contributed by atoms with Gasteiger partial charge >= 0.3 is 0 Å². The average molecular weight is 262 g/mol. The second-order valence-corrected chi connectivity index (χ2v) is 5.16. The molecule has 0 unspecified atom stereocenters. The van der Waals surface area contributed by atoms with Crippen LogP contribution in [0.25, 0.3) is 0 Å². The van der Waals surface area contributed by atoms with Crippen LogP contribution in [-0.4, -0.2) is 24.8 Å². The molecule has 19 heavy (non-hydrogen) atoms. The van der Waals surface area contributed by atoms with E-state index in [9.17, 15) is 4.39 Å². The van der Waals surface area contributed by atoms with Gasteiger partial charge in [-0.3, -0.25) is 0 Å². The van der Waals surface area contributed by atoms with E-state index in [-0.39, 0.29) is 17.6 Å². The van der Waals surface area contributed by atoms with Crippen molar-refractivity contribution in [3.05, 3.63) is 35.1 Å². The van der Waals surface area contributed by atoms with Crippen LogP contribution in [0.5, 0.6) is 0 Å². The quantitative estimate of drug-likeness (QED) is 0.873. The third-order valence-corrected chi connectivity index (χ3v) is 4.08. The molecule has 1 aromatic rings. The van der Waals surface area contributed by atoms with E-state index >= 15 is 0 Å². The number of benzene rings is 1. The van der Waals surface area contributed by atoms with Gasteiger partial charge in [-0.1, -0.05) is 6.07 Å². The van der Waals surface area contributed by atoms with Crippen LogP contribution in [-0.2, 0) is 5.41 Å². The van der Waals surface area contributed by atoms with Crippen molar-refractivity contribution in [3.8, 4) is 6.07 Å². The van der Waals surface area contributed by atoms with Crippen LogP contribution in [0, 0.1) is 17.1 Å². The topological polar surface area (TPSA) is 56.0 Å². The van der Waals surface area contributed by atoms with Gasteiger partial charge in [-0.05, 0) is 61.9 Å². The molecule has 1 aliphatic heterocycles. The van der Waals surface area contributed by atoms with Gasteiger partial charge in [-0.2, -0.15) is 5.26 Å². The lowest BCUT2D eigenvalue weighted by molar-refractivity contribution is 0.231. The number of rotatable bonds is 4. The first-order valence-corrected chi connectivity index (χ1v) is 6.73. The van der Waals surface area contributed by atoms with Crippen LogP contribution in [0.1, 0.15) is 36.8 Å². The Morgan fingerprint density at radius 2 is 2.11 bits per heavy atom. The van der Waals surface area contributed by atoms with Crippen molar-refractivity contribution in [1.82, 2.24) is 5.32 Å². The molecule has 102 valence electrons. The molecule has 1 aromatic carbocycles. The lowest BCUT2D eigenvalue weighted by atomic mass is 9.70. The molecule has 1 aliphatic rings. The normalized spacial score (nSPS) is 17.9. The number of nitrogens with one attached hydrogen (secondary N) is 1. The predicted octanol–water partition coefficient (Wildman–Crippen LogP) is 2.09. The highest BCUT2D eigenvalue weighted by Gasteiger charge is 2.33. The minimum Gasteiger partial charge on any atom is -0.396 e. The number of hydrogen-bond acceptors (Lipinski definition) is 3. The second-order valence-electron chi connectivity index (χ2n) is 5.16. The summed E-state index contributed by atoms with van der Waals surface area (Å²) in [6.45, 7) is 1.98. The lowest BCUT2D eigenvalue weighted by Crippen LogP contribution is -2.40. The molecular formula is C15H19FN2O. The monoisotopic (exact) mass is 262 g/mol. The molecule has 0 saturated carbocycles. The smallest absolute Gasteiger partial charge is 0.141 e. The molecule has 0 amide bonds. The van der Waals surface area contributed by atoms with E-state index in [4.69, 9.17) is 10.4 Å². The molecule has 1 heterocycles. The summed E-state index contributed by atoms with van der Waals surface area (Å²) in [5.41, 5.74) is 0.983. The molecule has 0 atom stereocenters. The largest absolute Gasteiger partial charge is 0.396 e. The molecule has 1 fully saturated rings. The van der Waals surface area contributed by atoms with E-state index in [2.05, 4.69) is 5.32 Å². The number of aliphatic hydroxyl groups is 1. The van der Waals surface area contributed by atoms with Gasteiger partial charge in [0.05, 0.1) is 5.56 Å². The number of nitriles is 1. The number of nitrogens with zero attached hydrogens (tertiary/aromatic N) is 1. The van der Waals surface area contributed by atoms with Crippen molar-refractivity contribution in [2.45, 2.75) is 31.1 Å². The van der Waals surface area contributed by atoms with Crippen LogP contribution in [0.3, 0.4) is 0 Å². The Balaban J connectivity index is 2.32. The second kappa shape index (κ2) is 6.14. The zero-order valence-corrected chi connectivity index (χ0v) is 11.0. The molecule has 3 nitrogen and oxygen atoms in total. The predicted molar refractivity (Wildman–Crippen MR) is 71.2 cm³/mol. The zero-order valence-electron chi connectivity index (χ0n) is 11.0. The van der Waals surface area contributed by atoms with Crippen molar-refractivity contribution in [3.63, 3.8) is 0 Å². The molecular weight excluding hydrogens is 243 g/mol. The zero-order chi connectivity index (χ0) is 13.7. The SMILES string of the molecule is N#Cc1ccc(C2(CCCO)CCNCC2)cc1F. The van der Waals surface area contributed by atoms with Gasteiger partial charge < -0.3 is 10.4 Å². The maximum absolute atomic E-state index is 13.8. The van der Waals surface area contributed by atoms with Gasteiger partial charge in [0.25, 0.3) is 0 Å². The molecule has 1 saturated heterocycles. The summed E-state index contributed by atoms with van der Waals surface area (Å²) in [7, 11) is 0. The maximum Gasteiger partial charge on any atom is 0.141 e. The Labute approximate surface area is 113 Å². The standard InChI is InChI=1S/C15H19FN2O/c16-14-10-13(3-2-12(14)11-17)15(4-1-9-19)5-7-18-8-6-15/h2-3,10,18-19H,1,4-9H2. The van der Waals surface area contributed by atoms with Crippen LogP contribution < -0.4 is 5.32 Å². The molecule has 0 aliphatic carbocycles. The third kappa shape index (κ3) is 2.94. The minimum atomic E-state index is -0.443. The summed E-state index contributed by atoms with van der Waals surface area (Å²) in [6.07, 6.45) is 3.47. The molecule has 0 radical (unpaired) electrons. The summed E-state index contributed by atoms with van der Waals surface area (Å²) < 4.78 is 13.8. The van der Waals surface area contributed by atoms with Gasteiger partial charge in [-0.25, -0.2) is 4.39 Å². The summed E-state index contributed by atoms with van der Waals surface area (Å²) in [5, 5.41) is 21.2. The molecule has 4 heteroatoms. The average Bonchev–Trinajstić information content (AvgIpc) is 2.46. The summed E-state index contributed by atoms with van der Waals surface area (Å²) in [6, 6.07) is 6.78. The molecule has 0 spiro atoms. The van der Waals surface area contributed by atoms with E-state index in [1.807, 2.05) is 12.1 Å². The van der Waals surface area contributed by atoms with Crippen molar-refractivity contribution in [2.24, 2.45) is 0 Å². The highest BCUT2D eigenvalue weighted by molar-refractivity contribution is 5.37. The lowest BCUT2D eigenvalue weighted by Gasteiger charge is -2.38. The fourth-order valence-electron chi connectivity index (χ4n) is 2.94. The molecule has 0 aromatic heterocycles. The van der Waals surface area contributed by atoms with Crippen LogP contribution >= 0.6 is 0 Å². The third-order valence-electron chi connectivity index (χ3n) is 4.08. The van der Waals surface area contributed by atoms with Gasteiger partial charge in [0.2, 0.25) is 0 Å². The molecule has 0 bridgehead atoms. The Hall–Kier alpha value is -1.44. The molecule has 2 rings (SSSR count). The van der Waals surface area contributed by atoms with E-state index in [0.717, 1.165) is 44.3 Å². The number of hydrogen-bond donors (Lipinski definition) is 2. The Kier molecular flexibility index (Phi) is 4.52. The number of halogens is 1. The van der Waals surface area contributed by atoms with Crippen LogP contribution in [0.4, 0.5) is 4.39 Å². The number of piperidine rings is 1.